The largest absolute Gasteiger partial charge is 0.507 e. The molecule has 0 bridgehead atoms. The van der Waals surface area contributed by atoms with Gasteiger partial charge in [-0.2, -0.15) is 0 Å². The monoisotopic (exact) mass is 321 g/mol. The number of carbonyl (C=O) groups is 3. The normalized spacial score (nSPS) is 16.0. The van der Waals surface area contributed by atoms with E-state index in [4.69, 9.17) is 0 Å². The Morgan fingerprint density at radius 1 is 1.08 bits per heavy atom. The molecule has 0 radical (unpaired) electrons. The summed E-state index contributed by atoms with van der Waals surface area (Å²) < 4.78 is 0. The van der Waals surface area contributed by atoms with E-state index in [1.165, 1.54) is 19.1 Å². The number of para-hydroxylation sites is 1. The number of benzene rings is 2. The van der Waals surface area contributed by atoms with Crippen molar-refractivity contribution in [1.82, 2.24) is 0 Å². The number of phenolic OH excluding ortho intramolecular Hbond substituents is 1. The Morgan fingerprint density at radius 3 is 2.38 bits per heavy atom. The lowest BCUT2D eigenvalue weighted by Gasteiger charge is -2.13. The molecule has 0 saturated carbocycles. The van der Waals surface area contributed by atoms with Crippen LogP contribution in [0.4, 0.5) is 5.69 Å². The molecule has 2 aromatic carbocycles. The molecule has 2 aromatic rings. The molecule has 5 nitrogen and oxygen atoms in total. The van der Waals surface area contributed by atoms with E-state index in [-0.39, 0.29) is 23.9 Å². The predicted molar refractivity (Wildman–Crippen MR) is 89.6 cm³/mol. The van der Waals surface area contributed by atoms with Crippen LogP contribution in [-0.4, -0.2) is 22.7 Å². The summed E-state index contributed by atoms with van der Waals surface area (Å²) in [5.41, 5.74) is 1.75. The zero-order chi connectivity index (χ0) is 17.3. The van der Waals surface area contributed by atoms with E-state index < -0.39 is 5.91 Å². The van der Waals surface area contributed by atoms with Crippen molar-refractivity contribution in [2.24, 2.45) is 0 Å². The number of carbonyl (C=O) groups excluding carboxylic acids is 3. The zero-order valence-electron chi connectivity index (χ0n) is 13.0. The lowest BCUT2D eigenvalue weighted by molar-refractivity contribution is -0.120. The van der Waals surface area contributed by atoms with Crippen molar-refractivity contribution in [3.8, 4) is 5.75 Å². The van der Waals surface area contributed by atoms with Gasteiger partial charge in [0.15, 0.2) is 5.78 Å². The average molecular weight is 321 g/mol. The van der Waals surface area contributed by atoms with E-state index in [2.05, 4.69) is 0 Å². The summed E-state index contributed by atoms with van der Waals surface area (Å²) in [6.45, 7) is 1.45. The van der Waals surface area contributed by atoms with Crippen LogP contribution in [0, 0.1) is 0 Å². The Balaban J connectivity index is 1.92. The lowest BCUT2D eigenvalue weighted by Crippen LogP contribution is -2.28. The summed E-state index contributed by atoms with van der Waals surface area (Å²) in [6.07, 6.45) is 1.50. The average Bonchev–Trinajstić information content (AvgIpc) is 2.84. The maximum Gasteiger partial charge on any atom is 0.261 e. The van der Waals surface area contributed by atoms with Gasteiger partial charge in [-0.05, 0) is 43.3 Å². The maximum absolute atomic E-state index is 12.5. The van der Waals surface area contributed by atoms with Crippen LogP contribution in [0.2, 0.25) is 0 Å². The van der Waals surface area contributed by atoms with Crippen molar-refractivity contribution in [3.05, 3.63) is 65.2 Å². The van der Waals surface area contributed by atoms with Gasteiger partial charge in [0, 0.05) is 16.7 Å². The molecule has 0 spiro atoms. The van der Waals surface area contributed by atoms with E-state index in [0.717, 1.165) is 4.90 Å². The Hall–Kier alpha value is -3.21. The second-order valence-corrected chi connectivity index (χ2v) is 5.54. The molecule has 0 atom stereocenters. The molecule has 0 aromatic heterocycles. The number of anilines is 1. The van der Waals surface area contributed by atoms with Gasteiger partial charge in [-0.25, -0.2) is 4.90 Å². The molecule has 2 amide bonds. The number of nitrogens with zero attached hydrogens (tertiary/aromatic N) is 1. The highest BCUT2D eigenvalue weighted by atomic mass is 16.3. The van der Waals surface area contributed by atoms with Crippen LogP contribution in [0.3, 0.4) is 0 Å². The number of amides is 2. The summed E-state index contributed by atoms with van der Waals surface area (Å²) in [7, 11) is 0. The van der Waals surface area contributed by atoms with Crippen molar-refractivity contribution >= 4 is 29.4 Å². The van der Waals surface area contributed by atoms with E-state index in [9.17, 15) is 19.5 Å². The smallest absolute Gasteiger partial charge is 0.261 e. The zero-order valence-corrected chi connectivity index (χ0v) is 13.0. The van der Waals surface area contributed by atoms with Crippen molar-refractivity contribution < 1.29 is 19.5 Å². The van der Waals surface area contributed by atoms with Gasteiger partial charge in [0.25, 0.3) is 5.91 Å². The molecule has 1 aliphatic rings. The van der Waals surface area contributed by atoms with Crippen molar-refractivity contribution in [2.75, 3.05) is 4.90 Å². The number of hydrogen-bond donors (Lipinski definition) is 1. The van der Waals surface area contributed by atoms with Crippen LogP contribution in [0.1, 0.15) is 29.3 Å². The van der Waals surface area contributed by atoms with Gasteiger partial charge in [-0.15, -0.1) is 0 Å². The summed E-state index contributed by atoms with van der Waals surface area (Å²) >= 11 is 0. The van der Waals surface area contributed by atoms with Crippen molar-refractivity contribution in [1.29, 1.82) is 0 Å². The van der Waals surface area contributed by atoms with Gasteiger partial charge < -0.3 is 5.11 Å². The number of Topliss-reactive ketones (excluding diaryl/α,β-unsaturated/α-hetero) is 1. The third-order valence-electron chi connectivity index (χ3n) is 3.87. The Morgan fingerprint density at radius 2 is 1.75 bits per heavy atom. The second kappa shape index (κ2) is 6.12. The molecule has 3 rings (SSSR count). The number of ketones is 1. The predicted octanol–water partition coefficient (Wildman–Crippen LogP) is 2.94. The fraction of sp³-hybridized carbons (Fsp3) is 0.105. The van der Waals surface area contributed by atoms with Gasteiger partial charge in [-0.3, -0.25) is 14.4 Å². The molecule has 24 heavy (non-hydrogen) atoms. The molecule has 1 fully saturated rings. The van der Waals surface area contributed by atoms with E-state index in [0.29, 0.717) is 22.4 Å². The van der Waals surface area contributed by atoms with Crippen molar-refractivity contribution in [3.63, 3.8) is 0 Å². The van der Waals surface area contributed by atoms with Crippen LogP contribution in [0.15, 0.2) is 54.1 Å². The summed E-state index contributed by atoms with van der Waals surface area (Å²) in [5, 5.41) is 9.80. The molecule has 5 heteroatoms. The first kappa shape index (κ1) is 15.7. The molecule has 0 aliphatic carbocycles. The number of rotatable bonds is 3. The number of imide groups is 1. The minimum Gasteiger partial charge on any atom is -0.507 e. The number of phenols is 1. The molecular formula is C19H15NO4. The third-order valence-corrected chi connectivity index (χ3v) is 3.87. The summed E-state index contributed by atoms with van der Waals surface area (Å²) in [4.78, 5) is 37.2. The second-order valence-electron chi connectivity index (χ2n) is 5.54. The van der Waals surface area contributed by atoms with Crippen LogP contribution < -0.4 is 4.90 Å². The van der Waals surface area contributed by atoms with Gasteiger partial charge >= 0.3 is 0 Å². The van der Waals surface area contributed by atoms with E-state index in [1.807, 2.05) is 0 Å². The molecule has 1 saturated heterocycles. The van der Waals surface area contributed by atoms with Gasteiger partial charge in [0.1, 0.15) is 5.75 Å². The molecule has 1 heterocycles. The highest BCUT2D eigenvalue weighted by molar-refractivity contribution is 6.29. The fourth-order valence-corrected chi connectivity index (χ4v) is 2.59. The molecule has 1 aliphatic heterocycles. The van der Waals surface area contributed by atoms with Crippen LogP contribution >= 0.6 is 0 Å². The van der Waals surface area contributed by atoms with Crippen LogP contribution in [0.5, 0.6) is 5.75 Å². The lowest BCUT2D eigenvalue weighted by atomic mass is 10.1. The number of aromatic hydroxyl groups is 1. The summed E-state index contributed by atoms with van der Waals surface area (Å²) in [5.74, 6) is -0.786. The fourth-order valence-electron chi connectivity index (χ4n) is 2.59. The minimum absolute atomic E-state index is 0.0262. The molecule has 0 unspecified atom stereocenters. The van der Waals surface area contributed by atoms with Crippen LogP contribution in [0.25, 0.3) is 6.08 Å². The van der Waals surface area contributed by atoms with Crippen molar-refractivity contribution in [2.45, 2.75) is 13.3 Å². The first-order valence-corrected chi connectivity index (χ1v) is 7.44. The van der Waals surface area contributed by atoms with Gasteiger partial charge in [-0.1, -0.05) is 18.2 Å². The number of hydrogen-bond acceptors (Lipinski definition) is 4. The first-order chi connectivity index (χ1) is 11.5. The third kappa shape index (κ3) is 2.84. The highest BCUT2D eigenvalue weighted by Gasteiger charge is 2.35. The first-order valence-electron chi connectivity index (χ1n) is 7.44. The Labute approximate surface area is 138 Å². The maximum atomic E-state index is 12.5. The molecule has 1 N–H and O–H groups in total. The van der Waals surface area contributed by atoms with E-state index >= 15 is 0 Å². The topological polar surface area (TPSA) is 74.7 Å². The van der Waals surface area contributed by atoms with Crippen LogP contribution in [-0.2, 0) is 9.59 Å². The SMILES string of the molecule is CC(=O)c1ccc(N2C(=O)CC(=Cc3ccccc3O)C2=O)cc1. The highest BCUT2D eigenvalue weighted by Crippen LogP contribution is 2.29. The van der Waals surface area contributed by atoms with Gasteiger partial charge in [0.05, 0.1) is 12.1 Å². The molecule has 120 valence electrons. The minimum atomic E-state index is -0.418. The van der Waals surface area contributed by atoms with E-state index in [1.54, 1.807) is 42.5 Å². The van der Waals surface area contributed by atoms with Gasteiger partial charge in [0.2, 0.25) is 5.91 Å². The Kier molecular flexibility index (Phi) is 4.00. The summed E-state index contributed by atoms with van der Waals surface area (Å²) in [6, 6.07) is 12.9. The Bertz CT molecular complexity index is 865. The quantitative estimate of drug-likeness (QED) is 0.536. The molecular weight excluding hydrogens is 306 g/mol. The standard InChI is InChI=1S/C19H15NO4/c1-12(21)13-6-8-16(9-7-13)20-18(23)11-15(19(20)24)10-14-4-2-3-5-17(14)22/h2-10,22H,11H2,1H3.